The fraction of sp³-hybridized carbons (Fsp3) is 0.0909. The van der Waals surface area contributed by atoms with Crippen LogP contribution in [0.15, 0.2) is 35.7 Å². The van der Waals surface area contributed by atoms with Crippen molar-refractivity contribution in [2.75, 3.05) is 12.4 Å². The van der Waals surface area contributed by atoms with Gasteiger partial charge in [-0.15, -0.1) is 11.3 Å². The Labute approximate surface area is 86.2 Å². The highest BCUT2D eigenvalue weighted by Crippen LogP contribution is 2.28. The molecule has 0 aliphatic rings. The molecular weight excluding hydrogens is 197 g/mol. The summed E-state index contributed by atoms with van der Waals surface area (Å²) in [6, 6.07) is 8.59. The van der Waals surface area contributed by atoms with Crippen molar-refractivity contribution in [2.45, 2.75) is 0 Å². The molecule has 0 radical (unpaired) electrons. The summed E-state index contributed by atoms with van der Waals surface area (Å²) in [4.78, 5) is 0. The molecule has 0 bridgehead atoms. The maximum absolute atomic E-state index is 12.7. The first-order valence-electron chi connectivity index (χ1n) is 4.32. The normalized spacial score (nSPS) is 10.1. The second-order valence-corrected chi connectivity index (χ2v) is 3.87. The van der Waals surface area contributed by atoms with E-state index in [1.54, 1.807) is 23.5 Å². The molecule has 72 valence electrons. The van der Waals surface area contributed by atoms with E-state index in [0.717, 1.165) is 16.1 Å². The minimum atomic E-state index is -0.196. The predicted molar refractivity (Wildman–Crippen MR) is 59.3 cm³/mol. The molecule has 1 aromatic heterocycles. The summed E-state index contributed by atoms with van der Waals surface area (Å²) in [6.45, 7) is 0. The van der Waals surface area contributed by atoms with Gasteiger partial charge in [0.25, 0.3) is 0 Å². The molecule has 1 nitrogen and oxygen atoms in total. The van der Waals surface area contributed by atoms with E-state index in [-0.39, 0.29) is 5.82 Å². The first-order chi connectivity index (χ1) is 6.79. The van der Waals surface area contributed by atoms with Crippen LogP contribution in [-0.2, 0) is 0 Å². The van der Waals surface area contributed by atoms with Gasteiger partial charge in [0.05, 0.1) is 5.00 Å². The number of thiophene rings is 1. The Morgan fingerprint density at radius 2 is 1.86 bits per heavy atom. The van der Waals surface area contributed by atoms with Crippen molar-refractivity contribution in [1.29, 1.82) is 0 Å². The van der Waals surface area contributed by atoms with Crippen LogP contribution in [0, 0.1) is 5.82 Å². The van der Waals surface area contributed by atoms with E-state index in [9.17, 15) is 4.39 Å². The van der Waals surface area contributed by atoms with Gasteiger partial charge in [-0.25, -0.2) is 4.39 Å². The second-order valence-electron chi connectivity index (χ2n) is 2.96. The van der Waals surface area contributed by atoms with E-state index in [0.29, 0.717) is 0 Å². The van der Waals surface area contributed by atoms with E-state index in [1.165, 1.54) is 12.1 Å². The molecule has 1 heterocycles. The summed E-state index contributed by atoms with van der Waals surface area (Å²) in [5.74, 6) is -0.196. The van der Waals surface area contributed by atoms with Crippen LogP contribution >= 0.6 is 11.3 Å². The van der Waals surface area contributed by atoms with Gasteiger partial charge in [-0.2, -0.15) is 0 Å². The van der Waals surface area contributed by atoms with E-state index in [1.807, 2.05) is 7.05 Å². The highest BCUT2D eigenvalue weighted by atomic mass is 32.1. The number of hydrogen-bond acceptors (Lipinski definition) is 2. The number of hydrogen-bond donors (Lipinski definition) is 1. The summed E-state index contributed by atoms with van der Waals surface area (Å²) < 4.78 is 12.7. The van der Waals surface area contributed by atoms with Crippen LogP contribution < -0.4 is 5.32 Å². The van der Waals surface area contributed by atoms with E-state index >= 15 is 0 Å². The Morgan fingerprint density at radius 3 is 2.43 bits per heavy atom. The minimum absolute atomic E-state index is 0.196. The molecule has 14 heavy (non-hydrogen) atoms. The topological polar surface area (TPSA) is 12.0 Å². The lowest BCUT2D eigenvalue weighted by Gasteiger charge is -1.96. The Morgan fingerprint density at radius 1 is 1.14 bits per heavy atom. The van der Waals surface area contributed by atoms with Gasteiger partial charge in [-0.3, -0.25) is 0 Å². The van der Waals surface area contributed by atoms with Crippen molar-refractivity contribution in [3.05, 3.63) is 41.5 Å². The zero-order valence-electron chi connectivity index (χ0n) is 7.75. The number of halogens is 1. The first kappa shape index (κ1) is 9.21. The molecule has 0 aliphatic carbocycles. The van der Waals surface area contributed by atoms with Gasteiger partial charge >= 0.3 is 0 Å². The molecule has 0 unspecified atom stereocenters. The molecule has 0 amide bonds. The summed E-state index contributed by atoms with van der Waals surface area (Å²) in [5.41, 5.74) is 2.17. The predicted octanol–water partition coefficient (Wildman–Crippen LogP) is 3.60. The smallest absolute Gasteiger partial charge is 0.123 e. The molecule has 0 atom stereocenters. The van der Waals surface area contributed by atoms with Crippen LogP contribution in [0.25, 0.3) is 11.1 Å². The lowest BCUT2D eigenvalue weighted by molar-refractivity contribution is 0.628. The third kappa shape index (κ3) is 1.77. The second kappa shape index (κ2) is 3.80. The average molecular weight is 207 g/mol. The monoisotopic (exact) mass is 207 g/mol. The highest BCUT2D eigenvalue weighted by molar-refractivity contribution is 7.14. The highest BCUT2D eigenvalue weighted by Gasteiger charge is 2.00. The number of anilines is 1. The molecule has 3 heteroatoms. The third-order valence-electron chi connectivity index (χ3n) is 2.02. The van der Waals surface area contributed by atoms with Crippen LogP contribution in [0.2, 0.25) is 0 Å². The maximum atomic E-state index is 12.7. The van der Waals surface area contributed by atoms with Gasteiger partial charge in [0, 0.05) is 12.4 Å². The Bertz CT molecular complexity index is 419. The van der Waals surface area contributed by atoms with Crippen LogP contribution in [0.3, 0.4) is 0 Å². The number of rotatable bonds is 2. The summed E-state index contributed by atoms with van der Waals surface area (Å²) in [6.07, 6.45) is 0. The Kier molecular flexibility index (Phi) is 2.50. The molecule has 0 saturated heterocycles. The maximum Gasteiger partial charge on any atom is 0.123 e. The van der Waals surface area contributed by atoms with Gasteiger partial charge < -0.3 is 5.32 Å². The van der Waals surface area contributed by atoms with Gasteiger partial charge in [0.1, 0.15) is 5.82 Å². The fourth-order valence-corrected chi connectivity index (χ4v) is 2.03. The summed E-state index contributed by atoms with van der Waals surface area (Å²) in [5, 5.41) is 6.24. The average Bonchev–Trinajstić information content (AvgIpc) is 2.67. The quantitative estimate of drug-likeness (QED) is 0.793. The minimum Gasteiger partial charge on any atom is -0.380 e. The zero-order chi connectivity index (χ0) is 9.97. The summed E-state index contributed by atoms with van der Waals surface area (Å²) >= 11 is 1.64. The van der Waals surface area contributed by atoms with Crippen LogP contribution in [-0.4, -0.2) is 7.05 Å². The molecule has 0 spiro atoms. The van der Waals surface area contributed by atoms with Crippen LogP contribution in [0.5, 0.6) is 0 Å². The third-order valence-corrected chi connectivity index (χ3v) is 2.97. The first-order valence-corrected chi connectivity index (χ1v) is 5.20. The fourth-order valence-electron chi connectivity index (χ4n) is 1.26. The summed E-state index contributed by atoms with van der Waals surface area (Å²) in [7, 11) is 1.89. The molecule has 1 N–H and O–H groups in total. The van der Waals surface area contributed by atoms with Crippen molar-refractivity contribution in [3.8, 4) is 11.1 Å². The van der Waals surface area contributed by atoms with Crippen molar-refractivity contribution >= 4 is 16.3 Å². The molecule has 1 aromatic carbocycles. The lowest BCUT2D eigenvalue weighted by atomic mass is 10.1. The molecule has 0 aliphatic heterocycles. The number of benzene rings is 1. The van der Waals surface area contributed by atoms with Gasteiger partial charge in [-0.05, 0) is 29.3 Å². The molecule has 0 fully saturated rings. The lowest BCUT2D eigenvalue weighted by Crippen LogP contribution is -1.81. The van der Waals surface area contributed by atoms with Crippen molar-refractivity contribution < 1.29 is 4.39 Å². The van der Waals surface area contributed by atoms with Crippen LogP contribution in [0.1, 0.15) is 0 Å². The molecule has 2 rings (SSSR count). The number of nitrogens with one attached hydrogen (secondary N) is 1. The SMILES string of the molecule is CNc1cc(-c2ccc(F)cc2)cs1. The van der Waals surface area contributed by atoms with Crippen molar-refractivity contribution in [2.24, 2.45) is 0 Å². The Hall–Kier alpha value is -1.35. The zero-order valence-corrected chi connectivity index (χ0v) is 8.57. The molecule has 0 saturated carbocycles. The van der Waals surface area contributed by atoms with Gasteiger partial charge in [0.15, 0.2) is 0 Å². The standard InChI is InChI=1S/C11H10FNS/c1-13-11-6-9(7-14-11)8-2-4-10(12)5-3-8/h2-7,13H,1H3. The molecule has 2 aromatic rings. The van der Waals surface area contributed by atoms with E-state index < -0.39 is 0 Å². The van der Waals surface area contributed by atoms with Crippen molar-refractivity contribution in [1.82, 2.24) is 0 Å². The van der Waals surface area contributed by atoms with Gasteiger partial charge in [-0.1, -0.05) is 12.1 Å². The van der Waals surface area contributed by atoms with E-state index in [2.05, 4.69) is 16.8 Å². The molecular formula is C11H10FNS. The van der Waals surface area contributed by atoms with Crippen molar-refractivity contribution in [3.63, 3.8) is 0 Å². The largest absolute Gasteiger partial charge is 0.380 e. The Balaban J connectivity index is 2.34. The van der Waals surface area contributed by atoms with E-state index in [4.69, 9.17) is 0 Å². The van der Waals surface area contributed by atoms with Gasteiger partial charge in [0.2, 0.25) is 0 Å². The van der Waals surface area contributed by atoms with Crippen LogP contribution in [0.4, 0.5) is 9.39 Å².